The van der Waals surface area contributed by atoms with Crippen molar-refractivity contribution in [2.24, 2.45) is 28.8 Å². The van der Waals surface area contributed by atoms with Crippen molar-refractivity contribution in [2.45, 2.75) is 12.8 Å². The van der Waals surface area contributed by atoms with Crippen molar-refractivity contribution >= 4 is 18.0 Å². The molecule has 1 saturated carbocycles. The van der Waals surface area contributed by atoms with Crippen molar-refractivity contribution in [3.63, 3.8) is 0 Å². The van der Waals surface area contributed by atoms with Gasteiger partial charge in [-0.25, -0.2) is 0 Å². The second-order valence-corrected chi connectivity index (χ2v) is 6.32. The Hall–Kier alpha value is -2.63. The van der Waals surface area contributed by atoms with Crippen LogP contribution in [0.3, 0.4) is 0 Å². The molecule has 0 aromatic heterocycles. The molecule has 0 unspecified atom stereocenters. The molecule has 1 aromatic carbocycles. The monoisotopic (exact) mass is 312 g/mol. The predicted molar refractivity (Wildman–Crippen MR) is 81.6 cm³/mol. The Morgan fingerprint density at radius 3 is 2.13 bits per heavy atom. The molecule has 0 spiro atoms. The molecule has 0 radical (unpaired) electrons. The zero-order valence-electron chi connectivity index (χ0n) is 12.3. The highest BCUT2D eigenvalue weighted by Crippen LogP contribution is 2.49. The first-order chi connectivity index (χ1) is 11.1. The molecule has 6 nitrogen and oxygen atoms in total. The zero-order chi connectivity index (χ0) is 16.1. The summed E-state index contributed by atoms with van der Waals surface area (Å²) < 4.78 is 0. The van der Waals surface area contributed by atoms with Crippen LogP contribution in [-0.4, -0.2) is 33.3 Å². The lowest BCUT2D eigenvalue weighted by atomic mass is 9.63. The average Bonchev–Trinajstić information content (AvgIpc) is 2.83. The van der Waals surface area contributed by atoms with E-state index in [2.05, 4.69) is 17.3 Å². The summed E-state index contributed by atoms with van der Waals surface area (Å²) in [6.45, 7) is 0. The summed E-state index contributed by atoms with van der Waals surface area (Å²) >= 11 is 0. The molecule has 4 aliphatic rings. The number of hydrazone groups is 1. The van der Waals surface area contributed by atoms with E-state index in [1.54, 1.807) is 6.07 Å². The molecular weight excluding hydrogens is 296 g/mol. The molecule has 2 fully saturated rings. The van der Waals surface area contributed by atoms with E-state index in [9.17, 15) is 19.8 Å². The lowest BCUT2D eigenvalue weighted by Gasteiger charge is -2.37. The summed E-state index contributed by atoms with van der Waals surface area (Å²) in [5.41, 5.74) is 0.497. The van der Waals surface area contributed by atoms with Gasteiger partial charge in [0.2, 0.25) is 0 Å². The number of phenolic OH excluding ortho intramolecular Hbond substituents is 2. The van der Waals surface area contributed by atoms with Crippen LogP contribution in [0.2, 0.25) is 0 Å². The van der Waals surface area contributed by atoms with Crippen LogP contribution in [-0.2, 0) is 9.59 Å². The fourth-order valence-electron chi connectivity index (χ4n) is 3.92. The number of carbonyl (C=O) groups excluding carboxylic acids is 2. The van der Waals surface area contributed by atoms with E-state index in [0.29, 0.717) is 5.56 Å². The van der Waals surface area contributed by atoms with E-state index in [1.807, 2.05) is 0 Å². The number of imide groups is 1. The summed E-state index contributed by atoms with van der Waals surface area (Å²) in [5, 5.41) is 23.8. The van der Waals surface area contributed by atoms with Crippen LogP contribution in [0, 0.1) is 23.7 Å². The topological polar surface area (TPSA) is 90.2 Å². The van der Waals surface area contributed by atoms with Crippen molar-refractivity contribution in [3.05, 3.63) is 35.9 Å². The van der Waals surface area contributed by atoms with Crippen LogP contribution in [0.25, 0.3) is 0 Å². The van der Waals surface area contributed by atoms with Crippen LogP contribution in [0.4, 0.5) is 0 Å². The molecular formula is C17H16N2O4. The minimum Gasteiger partial charge on any atom is -0.504 e. The highest BCUT2D eigenvalue weighted by molar-refractivity contribution is 6.06. The average molecular weight is 312 g/mol. The van der Waals surface area contributed by atoms with Crippen molar-refractivity contribution in [3.8, 4) is 11.5 Å². The van der Waals surface area contributed by atoms with Gasteiger partial charge in [-0.15, -0.1) is 0 Å². The fraction of sp³-hybridized carbons (Fsp3) is 0.353. The molecule has 3 aliphatic carbocycles. The van der Waals surface area contributed by atoms with Gasteiger partial charge in [0.15, 0.2) is 11.5 Å². The molecule has 1 aliphatic heterocycles. The highest BCUT2D eigenvalue weighted by Gasteiger charge is 2.56. The Bertz CT molecular complexity index is 723. The number of amides is 2. The van der Waals surface area contributed by atoms with E-state index in [0.717, 1.165) is 17.9 Å². The molecule has 4 atom stereocenters. The van der Waals surface area contributed by atoms with Gasteiger partial charge in [-0.2, -0.15) is 10.1 Å². The van der Waals surface area contributed by atoms with E-state index in [1.165, 1.54) is 18.3 Å². The molecule has 1 saturated heterocycles. The van der Waals surface area contributed by atoms with Crippen LogP contribution >= 0.6 is 0 Å². The third-order valence-electron chi connectivity index (χ3n) is 5.06. The third kappa shape index (κ3) is 2.05. The van der Waals surface area contributed by atoms with Crippen molar-refractivity contribution in [1.29, 1.82) is 0 Å². The van der Waals surface area contributed by atoms with Crippen LogP contribution in [0.15, 0.2) is 35.5 Å². The second kappa shape index (κ2) is 4.94. The van der Waals surface area contributed by atoms with E-state index in [-0.39, 0.29) is 47.0 Å². The first-order valence-corrected chi connectivity index (χ1v) is 7.68. The maximum absolute atomic E-state index is 12.6. The van der Waals surface area contributed by atoms with Gasteiger partial charge >= 0.3 is 0 Å². The Labute approximate surface area is 132 Å². The molecule has 5 rings (SSSR count). The number of rotatable bonds is 2. The largest absolute Gasteiger partial charge is 0.504 e. The van der Waals surface area contributed by atoms with Crippen LogP contribution in [0.5, 0.6) is 11.5 Å². The van der Waals surface area contributed by atoms with Gasteiger partial charge in [0.1, 0.15) is 0 Å². The Morgan fingerprint density at radius 1 is 1.00 bits per heavy atom. The predicted octanol–water partition coefficient (Wildman–Crippen LogP) is 1.63. The molecule has 6 heteroatoms. The summed E-state index contributed by atoms with van der Waals surface area (Å²) in [5.74, 6) is -1.27. The zero-order valence-corrected chi connectivity index (χ0v) is 12.3. The Morgan fingerprint density at radius 2 is 1.61 bits per heavy atom. The maximum atomic E-state index is 12.6. The summed E-state index contributed by atoms with van der Waals surface area (Å²) in [6, 6.07) is 4.19. The summed E-state index contributed by atoms with van der Waals surface area (Å²) in [4.78, 5) is 25.1. The quantitative estimate of drug-likeness (QED) is 0.376. The Kier molecular flexibility index (Phi) is 3.01. The minimum atomic E-state index is -0.281. The van der Waals surface area contributed by atoms with E-state index in [4.69, 9.17) is 0 Å². The van der Waals surface area contributed by atoms with Gasteiger partial charge in [-0.3, -0.25) is 9.59 Å². The van der Waals surface area contributed by atoms with E-state index < -0.39 is 0 Å². The molecule has 2 N–H and O–H groups in total. The number of benzene rings is 1. The van der Waals surface area contributed by atoms with Crippen molar-refractivity contribution in [1.82, 2.24) is 5.01 Å². The lowest BCUT2D eigenvalue weighted by molar-refractivity contribution is -0.140. The number of carbonyl (C=O) groups is 2. The molecule has 1 aromatic rings. The first-order valence-electron chi connectivity index (χ1n) is 7.68. The standard InChI is InChI=1S/C17H16N2O4/c20-12-6-1-9(7-13(12)21)8-18-19-16(22)14-10-2-3-11(5-4-10)15(14)17(19)23/h1-3,6-8,10-11,14-15,20-21H,4-5H2/b18-8-/t10-,11-,14+,15+/m1/s1. The van der Waals surface area contributed by atoms with Gasteiger partial charge < -0.3 is 10.2 Å². The summed E-state index contributed by atoms with van der Waals surface area (Å²) in [6.07, 6.45) is 7.37. The molecule has 23 heavy (non-hydrogen) atoms. The molecule has 2 amide bonds. The lowest BCUT2D eigenvalue weighted by Crippen LogP contribution is -2.38. The number of fused-ring (bicyclic) bond motifs is 1. The second-order valence-electron chi connectivity index (χ2n) is 6.32. The first kappa shape index (κ1) is 14.0. The molecule has 118 valence electrons. The SMILES string of the molecule is O=C1[C@@H]2[C@@H](C(=O)N1/N=C\c1ccc(O)c(O)c1)[C@@H]1C=C[C@@H]2CC1. The minimum absolute atomic E-state index is 0.138. The summed E-state index contributed by atoms with van der Waals surface area (Å²) in [7, 11) is 0. The molecule has 1 heterocycles. The number of hydrogen-bond donors (Lipinski definition) is 2. The van der Waals surface area contributed by atoms with Gasteiger partial charge in [0.05, 0.1) is 18.1 Å². The number of aromatic hydroxyl groups is 2. The van der Waals surface area contributed by atoms with Crippen LogP contribution in [0.1, 0.15) is 18.4 Å². The van der Waals surface area contributed by atoms with Gasteiger partial charge in [-0.1, -0.05) is 12.2 Å². The van der Waals surface area contributed by atoms with E-state index >= 15 is 0 Å². The Balaban J connectivity index is 1.60. The van der Waals surface area contributed by atoms with Crippen LogP contribution < -0.4 is 0 Å². The maximum Gasteiger partial charge on any atom is 0.254 e. The van der Waals surface area contributed by atoms with Gasteiger partial charge in [0, 0.05) is 0 Å². The normalized spacial score (nSPS) is 32.1. The number of hydrogen-bond acceptors (Lipinski definition) is 5. The highest BCUT2D eigenvalue weighted by atomic mass is 16.3. The van der Waals surface area contributed by atoms with Crippen molar-refractivity contribution in [2.75, 3.05) is 0 Å². The van der Waals surface area contributed by atoms with Gasteiger partial charge in [-0.05, 0) is 48.4 Å². The van der Waals surface area contributed by atoms with Gasteiger partial charge in [0.25, 0.3) is 11.8 Å². The smallest absolute Gasteiger partial charge is 0.254 e. The molecule has 2 bridgehead atoms. The number of nitrogens with zero attached hydrogens (tertiary/aromatic N) is 2. The van der Waals surface area contributed by atoms with Crippen molar-refractivity contribution < 1.29 is 19.8 Å². The third-order valence-corrected chi connectivity index (χ3v) is 5.06. The number of allylic oxidation sites excluding steroid dienone is 2. The number of phenols is 2. The fourth-order valence-corrected chi connectivity index (χ4v) is 3.92.